The van der Waals surface area contributed by atoms with Crippen LogP contribution in [0.25, 0.3) is 0 Å². The molecule has 0 N–H and O–H groups in total. The van der Waals surface area contributed by atoms with Crippen molar-refractivity contribution in [1.82, 2.24) is 0 Å². The minimum atomic E-state index is 0.751. The highest BCUT2D eigenvalue weighted by Crippen LogP contribution is 2.51. The van der Waals surface area contributed by atoms with Gasteiger partial charge in [0.25, 0.3) is 0 Å². The van der Waals surface area contributed by atoms with Gasteiger partial charge in [-0.1, -0.05) is 53.7 Å². The van der Waals surface area contributed by atoms with Crippen LogP contribution in [0.5, 0.6) is 0 Å². The van der Waals surface area contributed by atoms with Crippen molar-refractivity contribution in [1.29, 1.82) is 0 Å². The molecule has 0 atom stereocenters. The molecule has 4 rings (SSSR count). The second kappa shape index (κ2) is 5.14. The molecule has 21 heavy (non-hydrogen) atoms. The molecule has 0 fully saturated rings. The Kier molecular flexibility index (Phi) is 3.13. The van der Waals surface area contributed by atoms with Crippen molar-refractivity contribution in [2.75, 3.05) is 4.90 Å². The first-order valence-electron chi connectivity index (χ1n) is 6.74. The summed E-state index contributed by atoms with van der Waals surface area (Å²) in [6.45, 7) is 0. The van der Waals surface area contributed by atoms with Gasteiger partial charge in [-0.25, -0.2) is 0 Å². The van der Waals surface area contributed by atoms with Crippen molar-refractivity contribution in [3.8, 4) is 0 Å². The lowest BCUT2D eigenvalue weighted by Gasteiger charge is -2.32. The molecule has 3 aromatic rings. The number of hydrogen-bond acceptors (Lipinski definition) is 2. The Morgan fingerprint density at radius 3 is 1.95 bits per heavy atom. The molecule has 0 radical (unpaired) electrons. The largest absolute Gasteiger partial charge is 0.308 e. The molecule has 3 heteroatoms. The van der Waals surface area contributed by atoms with Crippen LogP contribution in [-0.2, 0) is 0 Å². The fourth-order valence-electron chi connectivity index (χ4n) is 2.60. The second-order valence-corrected chi connectivity index (χ2v) is 6.37. The summed E-state index contributed by atoms with van der Waals surface area (Å²) in [7, 11) is 0. The zero-order valence-corrected chi connectivity index (χ0v) is 12.7. The van der Waals surface area contributed by atoms with Crippen LogP contribution in [0.2, 0.25) is 5.02 Å². The number of halogens is 1. The molecule has 1 aliphatic heterocycles. The van der Waals surface area contributed by atoms with E-state index >= 15 is 0 Å². The number of anilines is 3. The van der Waals surface area contributed by atoms with Gasteiger partial charge in [0.05, 0.1) is 11.4 Å². The first-order valence-corrected chi connectivity index (χ1v) is 7.94. The molecule has 1 nitrogen and oxygen atoms in total. The number of fused-ring (bicyclic) bond motifs is 2. The van der Waals surface area contributed by atoms with Gasteiger partial charge >= 0.3 is 0 Å². The quantitative estimate of drug-likeness (QED) is 0.407. The Balaban J connectivity index is 1.97. The third-order valence-corrected chi connectivity index (χ3v) is 4.86. The minimum Gasteiger partial charge on any atom is -0.308 e. The van der Waals surface area contributed by atoms with Gasteiger partial charge in [0.1, 0.15) is 0 Å². The highest BCUT2D eigenvalue weighted by Gasteiger charge is 2.23. The zero-order valence-electron chi connectivity index (χ0n) is 11.2. The zero-order chi connectivity index (χ0) is 14.2. The van der Waals surface area contributed by atoms with E-state index in [0.29, 0.717) is 0 Å². The molecule has 0 saturated carbocycles. The van der Waals surface area contributed by atoms with Crippen molar-refractivity contribution in [2.24, 2.45) is 0 Å². The van der Waals surface area contributed by atoms with Crippen LogP contribution < -0.4 is 4.90 Å². The molecule has 0 bridgehead atoms. The van der Waals surface area contributed by atoms with E-state index in [2.05, 4.69) is 59.5 Å². The molecule has 0 unspecified atom stereocenters. The fraction of sp³-hybridized carbons (Fsp3) is 0. The maximum Gasteiger partial charge on any atom is 0.0601 e. The standard InChI is InChI=1S/C18H12ClNS/c19-13-6-5-7-14(12-13)20-15-8-1-3-10-17(15)21-18-11-4-2-9-16(18)20/h1-12H. The number of benzene rings is 3. The average Bonchev–Trinajstić information content (AvgIpc) is 2.52. The van der Waals surface area contributed by atoms with E-state index < -0.39 is 0 Å². The fourth-order valence-corrected chi connectivity index (χ4v) is 3.84. The molecule has 0 spiro atoms. The van der Waals surface area contributed by atoms with Gasteiger partial charge in [-0.2, -0.15) is 0 Å². The van der Waals surface area contributed by atoms with E-state index in [0.717, 1.165) is 10.7 Å². The third kappa shape index (κ3) is 2.21. The summed E-state index contributed by atoms with van der Waals surface area (Å²) in [5, 5.41) is 0.751. The van der Waals surface area contributed by atoms with Crippen molar-refractivity contribution >= 4 is 40.4 Å². The molecular formula is C18H12ClNS. The van der Waals surface area contributed by atoms with Crippen LogP contribution >= 0.6 is 23.4 Å². The lowest BCUT2D eigenvalue weighted by atomic mass is 10.2. The van der Waals surface area contributed by atoms with Crippen LogP contribution in [0, 0.1) is 0 Å². The highest BCUT2D eigenvalue weighted by molar-refractivity contribution is 7.99. The van der Waals surface area contributed by atoms with E-state index in [1.807, 2.05) is 30.0 Å². The maximum absolute atomic E-state index is 6.19. The van der Waals surface area contributed by atoms with Gasteiger partial charge in [0.2, 0.25) is 0 Å². The minimum absolute atomic E-state index is 0.751. The van der Waals surface area contributed by atoms with Crippen molar-refractivity contribution in [3.63, 3.8) is 0 Å². The lowest BCUT2D eigenvalue weighted by Crippen LogP contribution is -2.14. The van der Waals surface area contributed by atoms with Crippen LogP contribution in [0.4, 0.5) is 17.1 Å². The van der Waals surface area contributed by atoms with E-state index in [1.54, 1.807) is 0 Å². The molecule has 102 valence electrons. The van der Waals surface area contributed by atoms with Gasteiger partial charge in [0.15, 0.2) is 0 Å². The summed E-state index contributed by atoms with van der Waals surface area (Å²) in [6, 6.07) is 24.9. The Morgan fingerprint density at radius 2 is 1.33 bits per heavy atom. The summed E-state index contributed by atoms with van der Waals surface area (Å²) in [6.07, 6.45) is 0. The SMILES string of the molecule is Clc1cccc(N2c3ccccc3Sc3ccccc32)c1. The third-order valence-electron chi connectivity index (χ3n) is 3.50. The number of rotatable bonds is 1. The Morgan fingerprint density at radius 1 is 0.714 bits per heavy atom. The summed E-state index contributed by atoms with van der Waals surface area (Å²) < 4.78 is 0. The molecule has 0 aliphatic carbocycles. The first kappa shape index (κ1) is 12.8. The second-order valence-electron chi connectivity index (χ2n) is 4.85. The topological polar surface area (TPSA) is 3.24 Å². The number of nitrogens with zero attached hydrogens (tertiary/aromatic N) is 1. The van der Waals surface area contributed by atoms with Gasteiger partial charge in [-0.3, -0.25) is 0 Å². The lowest BCUT2D eigenvalue weighted by molar-refractivity contribution is 1.17. The normalized spacial score (nSPS) is 12.7. The maximum atomic E-state index is 6.19. The summed E-state index contributed by atoms with van der Waals surface area (Å²) in [4.78, 5) is 4.79. The number of para-hydroxylation sites is 2. The molecule has 1 aliphatic rings. The van der Waals surface area contributed by atoms with Crippen LogP contribution in [-0.4, -0.2) is 0 Å². The van der Waals surface area contributed by atoms with Crippen molar-refractivity contribution in [2.45, 2.75) is 9.79 Å². The molecule has 0 saturated heterocycles. The smallest absolute Gasteiger partial charge is 0.0601 e. The Labute approximate surface area is 133 Å². The van der Waals surface area contributed by atoms with Crippen molar-refractivity contribution < 1.29 is 0 Å². The molecular weight excluding hydrogens is 298 g/mol. The summed E-state index contributed by atoms with van der Waals surface area (Å²) in [5.41, 5.74) is 3.48. The van der Waals surface area contributed by atoms with E-state index in [-0.39, 0.29) is 0 Å². The summed E-state index contributed by atoms with van der Waals surface area (Å²) in [5.74, 6) is 0. The van der Waals surface area contributed by atoms with Gasteiger partial charge in [0, 0.05) is 20.5 Å². The predicted octanol–water partition coefficient (Wildman–Crippen LogP) is 6.27. The Hall–Kier alpha value is -1.90. The van der Waals surface area contributed by atoms with Crippen molar-refractivity contribution in [3.05, 3.63) is 77.8 Å². The first-order chi connectivity index (χ1) is 10.3. The van der Waals surface area contributed by atoms with Gasteiger partial charge in [-0.15, -0.1) is 0 Å². The van der Waals surface area contributed by atoms with E-state index in [9.17, 15) is 0 Å². The Bertz CT molecular complexity index is 770. The molecule has 3 aromatic carbocycles. The number of hydrogen-bond donors (Lipinski definition) is 0. The predicted molar refractivity (Wildman–Crippen MR) is 90.3 cm³/mol. The van der Waals surface area contributed by atoms with Crippen LogP contribution in [0.1, 0.15) is 0 Å². The molecule has 0 amide bonds. The monoisotopic (exact) mass is 309 g/mol. The molecule has 1 heterocycles. The average molecular weight is 310 g/mol. The van der Waals surface area contributed by atoms with E-state index in [1.165, 1.54) is 21.2 Å². The van der Waals surface area contributed by atoms with Gasteiger partial charge in [-0.05, 0) is 42.5 Å². The van der Waals surface area contributed by atoms with Gasteiger partial charge < -0.3 is 4.90 Å². The summed E-state index contributed by atoms with van der Waals surface area (Å²) >= 11 is 8.00. The highest BCUT2D eigenvalue weighted by atomic mass is 35.5. The van der Waals surface area contributed by atoms with E-state index in [4.69, 9.17) is 11.6 Å². The molecule has 0 aromatic heterocycles. The van der Waals surface area contributed by atoms with Crippen LogP contribution in [0.3, 0.4) is 0 Å². The van der Waals surface area contributed by atoms with Crippen LogP contribution in [0.15, 0.2) is 82.6 Å².